The fourth-order valence-corrected chi connectivity index (χ4v) is 3.47. The van der Waals surface area contributed by atoms with Crippen LogP contribution < -0.4 is 15.8 Å². The third-order valence-electron chi connectivity index (χ3n) is 4.12. The molecule has 31 heavy (non-hydrogen) atoms. The van der Waals surface area contributed by atoms with Gasteiger partial charge in [0.25, 0.3) is 5.69 Å². The van der Waals surface area contributed by atoms with Crippen LogP contribution in [0.25, 0.3) is 5.69 Å². The van der Waals surface area contributed by atoms with Crippen LogP contribution in [-0.2, 0) is 4.79 Å². The number of benzene rings is 2. The highest BCUT2D eigenvalue weighted by Gasteiger charge is 2.18. The lowest BCUT2D eigenvalue weighted by Crippen LogP contribution is -2.15. The standard InChI is InChI=1S/C18H17N7O5S/c1-10-21-22-23-24(10)13-8-12(4-5-15(13)30-2)20-17(26)9-31-16-6-3-11(18(19)27)7-14(16)25(28)29/h3-8H,9H2,1-2H3,(H2,19,27)(H,20,26). The van der Waals surface area contributed by atoms with Crippen molar-refractivity contribution in [1.29, 1.82) is 0 Å². The molecule has 3 aromatic rings. The Morgan fingerprint density at radius 3 is 2.68 bits per heavy atom. The van der Waals surface area contributed by atoms with Crippen LogP contribution in [0.2, 0.25) is 0 Å². The Balaban J connectivity index is 1.74. The molecule has 0 aliphatic rings. The summed E-state index contributed by atoms with van der Waals surface area (Å²) in [5.74, 6) is -0.215. The number of tetrazole rings is 1. The van der Waals surface area contributed by atoms with Crippen molar-refractivity contribution in [2.45, 2.75) is 11.8 Å². The SMILES string of the molecule is COc1ccc(NC(=O)CSc2ccc(C(N)=O)cc2[N+](=O)[O-])cc1-n1nnnc1C. The lowest BCUT2D eigenvalue weighted by atomic mass is 10.2. The number of ether oxygens (including phenoxy) is 1. The average Bonchev–Trinajstić information content (AvgIpc) is 3.17. The molecule has 2 aromatic carbocycles. The fraction of sp³-hybridized carbons (Fsp3) is 0.167. The number of thioether (sulfide) groups is 1. The summed E-state index contributed by atoms with van der Waals surface area (Å²) < 4.78 is 6.79. The van der Waals surface area contributed by atoms with Gasteiger partial charge in [0.15, 0.2) is 5.82 Å². The van der Waals surface area contributed by atoms with Crippen molar-refractivity contribution in [3.05, 3.63) is 57.9 Å². The molecule has 160 valence electrons. The van der Waals surface area contributed by atoms with E-state index in [4.69, 9.17) is 10.5 Å². The minimum absolute atomic E-state index is 0.0177. The second kappa shape index (κ2) is 9.21. The van der Waals surface area contributed by atoms with Gasteiger partial charge in [0.05, 0.1) is 22.7 Å². The summed E-state index contributed by atoms with van der Waals surface area (Å²) in [7, 11) is 1.50. The van der Waals surface area contributed by atoms with Crippen molar-refractivity contribution in [3.63, 3.8) is 0 Å². The first-order chi connectivity index (χ1) is 14.8. The molecule has 0 saturated carbocycles. The monoisotopic (exact) mass is 443 g/mol. The minimum Gasteiger partial charge on any atom is -0.494 e. The largest absolute Gasteiger partial charge is 0.494 e. The highest BCUT2D eigenvalue weighted by atomic mass is 32.2. The molecular weight excluding hydrogens is 426 g/mol. The van der Waals surface area contributed by atoms with Crippen LogP contribution in [0.15, 0.2) is 41.3 Å². The normalized spacial score (nSPS) is 10.5. The molecule has 0 spiro atoms. The smallest absolute Gasteiger partial charge is 0.283 e. The molecule has 1 aromatic heterocycles. The fourth-order valence-electron chi connectivity index (χ4n) is 2.66. The number of rotatable bonds is 8. The van der Waals surface area contributed by atoms with Gasteiger partial charge in [0, 0.05) is 17.3 Å². The summed E-state index contributed by atoms with van der Waals surface area (Å²) in [6.45, 7) is 1.72. The number of hydrogen-bond donors (Lipinski definition) is 2. The summed E-state index contributed by atoms with van der Waals surface area (Å²) in [6, 6.07) is 8.81. The van der Waals surface area contributed by atoms with Crippen LogP contribution in [0.3, 0.4) is 0 Å². The Labute approximate surface area is 179 Å². The van der Waals surface area contributed by atoms with Gasteiger partial charge in [-0.25, -0.2) is 0 Å². The number of nitro benzene ring substituents is 1. The molecule has 3 rings (SSSR count). The second-order valence-electron chi connectivity index (χ2n) is 6.17. The molecule has 0 aliphatic carbocycles. The van der Waals surface area contributed by atoms with Crippen LogP contribution in [0, 0.1) is 17.0 Å². The topological polar surface area (TPSA) is 168 Å². The van der Waals surface area contributed by atoms with E-state index in [1.54, 1.807) is 25.1 Å². The van der Waals surface area contributed by atoms with Gasteiger partial charge in [0.2, 0.25) is 11.8 Å². The van der Waals surface area contributed by atoms with Crippen LogP contribution in [0.5, 0.6) is 5.75 Å². The van der Waals surface area contributed by atoms with Crippen molar-refractivity contribution in [2.75, 3.05) is 18.2 Å². The van der Waals surface area contributed by atoms with Gasteiger partial charge in [0.1, 0.15) is 11.4 Å². The molecule has 0 radical (unpaired) electrons. The van der Waals surface area contributed by atoms with Gasteiger partial charge in [-0.15, -0.1) is 16.9 Å². The van der Waals surface area contributed by atoms with Crippen molar-refractivity contribution in [1.82, 2.24) is 20.2 Å². The molecule has 0 unspecified atom stereocenters. The van der Waals surface area contributed by atoms with Crippen LogP contribution >= 0.6 is 11.8 Å². The summed E-state index contributed by atoms with van der Waals surface area (Å²) in [5.41, 5.74) is 5.89. The molecule has 1 heterocycles. The van der Waals surface area contributed by atoms with E-state index < -0.39 is 10.8 Å². The number of aromatic nitrogens is 4. The van der Waals surface area contributed by atoms with E-state index in [9.17, 15) is 19.7 Å². The zero-order chi connectivity index (χ0) is 22.5. The van der Waals surface area contributed by atoms with Crippen molar-refractivity contribution in [3.8, 4) is 11.4 Å². The van der Waals surface area contributed by atoms with Gasteiger partial charge < -0.3 is 15.8 Å². The summed E-state index contributed by atoms with van der Waals surface area (Å²) >= 11 is 0.967. The number of aryl methyl sites for hydroxylation is 1. The Morgan fingerprint density at radius 1 is 1.29 bits per heavy atom. The van der Waals surface area contributed by atoms with Gasteiger partial charge in [-0.1, -0.05) is 0 Å². The number of carbonyl (C=O) groups excluding carboxylic acids is 2. The lowest BCUT2D eigenvalue weighted by Gasteiger charge is -2.12. The number of amides is 2. The van der Waals surface area contributed by atoms with Crippen LogP contribution in [0.1, 0.15) is 16.2 Å². The molecule has 0 atom stereocenters. The van der Waals surface area contributed by atoms with E-state index in [0.29, 0.717) is 22.9 Å². The quantitative estimate of drug-likeness (QED) is 0.299. The maximum Gasteiger partial charge on any atom is 0.283 e. The molecular formula is C18H17N7O5S. The zero-order valence-electron chi connectivity index (χ0n) is 16.4. The molecule has 0 saturated heterocycles. The number of nitrogens with zero attached hydrogens (tertiary/aromatic N) is 5. The highest BCUT2D eigenvalue weighted by Crippen LogP contribution is 2.31. The van der Waals surface area contributed by atoms with Crippen molar-refractivity contribution in [2.24, 2.45) is 5.73 Å². The van der Waals surface area contributed by atoms with Crippen LogP contribution in [0.4, 0.5) is 11.4 Å². The summed E-state index contributed by atoms with van der Waals surface area (Å²) in [6.07, 6.45) is 0. The highest BCUT2D eigenvalue weighted by molar-refractivity contribution is 8.00. The molecule has 0 aliphatic heterocycles. The van der Waals surface area contributed by atoms with Gasteiger partial charge in [-0.05, 0) is 47.7 Å². The first kappa shape index (κ1) is 21.7. The molecule has 2 amide bonds. The molecule has 0 bridgehead atoms. The van der Waals surface area contributed by atoms with Crippen molar-refractivity contribution >= 4 is 35.0 Å². The summed E-state index contributed by atoms with van der Waals surface area (Å²) in [5, 5.41) is 25.3. The number of nitrogens with one attached hydrogen (secondary N) is 1. The Morgan fingerprint density at radius 2 is 2.06 bits per heavy atom. The van der Waals surface area contributed by atoms with E-state index in [1.807, 2.05) is 0 Å². The van der Waals surface area contributed by atoms with Gasteiger partial charge in [-0.3, -0.25) is 19.7 Å². The lowest BCUT2D eigenvalue weighted by molar-refractivity contribution is -0.387. The zero-order valence-corrected chi connectivity index (χ0v) is 17.3. The number of nitrogens with two attached hydrogens (primary N) is 1. The number of anilines is 1. The third kappa shape index (κ3) is 4.95. The van der Waals surface area contributed by atoms with E-state index in [2.05, 4.69) is 20.8 Å². The molecule has 3 N–H and O–H groups in total. The van der Waals surface area contributed by atoms with E-state index in [-0.39, 0.29) is 27.8 Å². The average molecular weight is 443 g/mol. The predicted molar refractivity (Wildman–Crippen MR) is 111 cm³/mol. The number of carbonyl (C=O) groups is 2. The first-order valence-corrected chi connectivity index (χ1v) is 9.73. The number of nitro groups is 1. The van der Waals surface area contributed by atoms with E-state index in [0.717, 1.165) is 17.8 Å². The third-order valence-corrected chi connectivity index (χ3v) is 5.18. The second-order valence-corrected chi connectivity index (χ2v) is 7.18. The Bertz CT molecular complexity index is 1160. The molecule has 12 nitrogen and oxygen atoms in total. The van der Waals surface area contributed by atoms with E-state index >= 15 is 0 Å². The van der Waals surface area contributed by atoms with Crippen molar-refractivity contribution < 1.29 is 19.2 Å². The number of primary amides is 1. The molecule has 13 heteroatoms. The molecule has 0 fully saturated rings. The maximum absolute atomic E-state index is 12.4. The Kier molecular flexibility index (Phi) is 6.45. The van der Waals surface area contributed by atoms with E-state index in [1.165, 1.54) is 23.9 Å². The maximum atomic E-state index is 12.4. The minimum atomic E-state index is -0.773. The number of methoxy groups -OCH3 is 1. The first-order valence-electron chi connectivity index (χ1n) is 8.74. The summed E-state index contributed by atoms with van der Waals surface area (Å²) in [4.78, 5) is 34.5. The van der Waals surface area contributed by atoms with Crippen LogP contribution in [-0.4, -0.2) is 49.8 Å². The Hall–Kier alpha value is -4.00. The number of hydrogen-bond acceptors (Lipinski definition) is 9. The van der Waals surface area contributed by atoms with Gasteiger partial charge >= 0.3 is 0 Å². The van der Waals surface area contributed by atoms with Gasteiger partial charge in [-0.2, -0.15) is 4.68 Å². The predicted octanol–water partition coefficient (Wildman–Crippen LogP) is 1.72.